The number of nitrogens with zero attached hydrogens (tertiary/aromatic N) is 2. The summed E-state index contributed by atoms with van der Waals surface area (Å²) in [4.78, 5) is 21.9. The summed E-state index contributed by atoms with van der Waals surface area (Å²) in [7, 11) is 0. The van der Waals surface area contributed by atoms with Crippen molar-refractivity contribution in [1.82, 2.24) is 20.4 Å². The molecule has 2 heterocycles. The number of nitrogens with two attached hydrogens (primary N) is 1. The van der Waals surface area contributed by atoms with Crippen molar-refractivity contribution in [2.24, 2.45) is 5.73 Å². The van der Waals surface area contributed by atoms with Crippen LogP contribution in [0.5, 0.6) is 0 Å². The first-order valence-corrected chi connectivity index (χ1v) is 15.3. The average molecular weight is 587 g/mol. The molecule has 2 aliphatic rings. The van der Waals surface area contributed by atoms with Gasteiger partial charge in [0.2, 0.25) is 0 Å². The summed E-state index contributed by atoms with van der Waals surface area (Å²) in [5.41, 5.74) is 11.4. The van der Waals surface area contributed by atoms with Crippen LogP contribution in [-0.4, -0.2) is 32.5 Å². The Bertz CT molecular complexity index is 1530. The molecule has 0 atom stereocenters. The summed E-state index contributed by atoms with van der Waals surface area (Å²) in [5, 5.41) is 16.4. The molecular formula is C34H43FN6O2. The first-order valence-electron chi connectivity index (χ1n) is 15.3. The molecule has 5 N–H and O–H groups in total. The van der Waals surface area contributed by atoms with Gasteiger partial charge in [-0.05, 0) is 93.1 Å². The summed E-state index contributed by atoms with van der Waals surface area (Å²) < 4.78 is 13.0. The van der Waals surface area contributed by atoms with Crippen LogP contribution >= 0.6 is 0 Å². The normalized spacial score (nSPS) is 15.4. The Morgan fingerprint density at radius 2 is 1.21 bits per heavy atom. The summed E-state index contributed by atoms with van der Waals surface area (Å²) in [6.07, 6.45) is 13.2. The third-order valence-electron chi connectivity index (χ3n) is 7.95. The molecule has 0 spiro atoms. The summed E-state index contributed by atoms with van der Waals surface area (Å²) in [6, 6.07) is 18.4. The van der Waals surface area contributed by atoms with Crippen LogP contribution in [0.25, 0.3) is 22.5 Å². The maximum absolute atomic E-state index is 13.0. The lowest BCUT2D eigenvalue weighted by Crippen LogP contribution is -2.22. The minimum atomic E-state index is -0.252. The lowest BCUT2D eigenvalue weighted by atomic mass is 9.95. The molecule has 2 saturated carbocycles. The number of hydrogen-bond donors (Lipinski definition) is 4. The van der Waals surface area contributed by atoms with E-state index in [1.54, 1.807) is 31.2 Å². The van der Waals surface area contributed by atoms with Crippen molar-refractivity contribution in [1.29, 1.82) is 0 Å². The number of aromatic amines is 2. The fourth-order valence-corrected chi connectivity index (χ4v) is 5.40. The molecule has 2 aromatic heterocycles. The lowest BCUT2D eigenvalue weighted by molar-refractivity contribution is 0.441. The van der Waals surface area contributed by atoms with Gasteiger partial charge in [0.25, 0.3) is 11.1 Å². The van der Waals surface area contributed by atoms with E-state index in [4.69, 9.17) is 5.73 Å². The number of aromatic nitrogens is 4. The number of H-pyrrole nitrogens is 2. The predicted octanol–water partition coefficient (Wildman–Crippen LogP) is 6.65. The summed E-state index contributed by atoms with van der Waals surface area (Å²) in [6.45, 7) is 3.80. The Hall–Kier alpha value is -4.11. The molecule has 9 heteroatoms. The SMILES string of the molecule is Cc1cc(-c2ccc(=O)[nH]n2)ccc1F.Cc1cc(-c2ccc(=O)[nH]n2)ccc1NC1CCCCC1.NC1CCCCC1. The van der Waals surface area contributed by atoms with Crippen LogP contribution < -0.4 is 22.2 Å². The van der Waals surface area contributed by atoms with E-state index >= 15 is 0 Å². The van der Waals surface area contributed by atoms with E-state index in [0.29, 0.717) is 23.3 Å². The number of halogens is 1. The fourth-order valence-electron chi connectivity index (χ4n) is 5.40. The van der Waals surface area contributed by atoms with Gasteiger partial charge in [0.05, 0.1) is 11.4 Å². The van der Waals surface area contributed by atoms with Gasteiger partial charge in [-0.15, -0.1) is 0 Å². The van der Waals surface area contributed by atoms with Crippen molar-refractivity contribution >= 4 is 5.69 Å². The van der Waals surface area contributed by atoms with Gasteiger partial charge in [0, 0.05) is 41.0 Å². The van der Waals surface area contributed by atoms with Gasteiger partial charge in [-0.2, -0.15) is 10.2 Å². The first kappa shape index (κ1) is 31.8. The number of rotatable bonds is 4. The van der Waals surface area contributed by atoms with Crippen molar-refractivity contribution < 1.29 is 4.39 Å². The minimum absolute atomic E-state index is 0.175. The molecule has 0 amide bonds. The second kappa shape index (κ2) is 15.9. The molecule has 43 heavy (non-hydrogen) atoms. The first-order chi connectivity index (χ1) is 20.8. The van der Waals surface area contributed by atoms with Crippen LogP contribution in [0, 0.1) is 19.7 Å². The van der Waals surface area contributed by atoms with Crippen LogP contribution in [0.4, 0.5) is 10.1 Å². The highest BCUT2D eigenvalue weighted by Gasteiger charge is 2.14. The quantitative estimate of drug-likeness (QED) is 0.212. The fraction of sp³-hybridized carbons (Fsp3) is 0.412. The largest absolute Gasteiger partial charge is 0.382 e. The van der Waals surface area contributed by atoms with E-state index in [9.17, 15) is 14.0 Å². The number of nitrogens with one attached hydrogen (secondary N) is 3. The molecule has 0 bridgehead atoms. The van der Waals surface area contributed by atoms with Gasteiger partial charge < -0.3 is 11.1 Å². The third-order valence-corrected chi connectivity index (χ3v) is 7.95. The van der Waals surface area contributed by atoms with E-state index in [-0.39, 0.29) is 16.9 Å². The standard InChI is InChI=1S/C17H21N3O.C11H9FN2O.C6H13N/c1-12-11-13(16-9-10-17(21)20-19-16)7-8-15(12)18-14-5-3-2-4-6-14;1-7-6-8(2-3-9(7)12)10-4-5-11(15)14-13-10;7-6-4-2-1-3-5-6/h7-11,14,18H,2-6H2,1H3,(H,20,21);2-6H,1H3,(H,14,15);6H,1-5,7H2. The number of benzene rings is 2. The zero-order valence-corrected chi connectivity index (χ0v) is 25.2. The van der Waals surface area contributed by atoms with E-state index < -0.39 is 0 Å². The van der Waals surface area contributed by atoms with Crippen molar-refractivity contribution in [3.63, 3.8) is 0 Å². The maximum atomic E-state index is 13.0. The monoisotopic (exact) mass is 586 g/mol. The number of aryl methyl sites for hydroxylation is 2. The van der Waals surface area contributed by atoms with Gasteiger partial charge in [-0.25, -0.2) is 14.6 Å². The zero-order chi connectivity index (χ0) is 30.6. The second-order valence-corrected chi connectivity index (χ2v) is 11.5. The Labute approximate surface area is 252 Å². The lowest BCUT2D eigenvalue weighted by Gasteiger charge is -2.25. The topological polar surface area (TPSA) is 130 Å². The van der Waals surface area contributed by atoms with Crippen LogP contribution in [-0.2, 0) is 0 Å². The van der Waals surface area contributed by atoms with Crippen LogP contribution in [0.3, 0.4) is 0 Å². The number of anilines is 1. The Morgan fingerprint density at radius 3 is 1.65 bits per heavy atom. The molecule has 2 aliphatic carbocycles. The van der Waals surface area contributed by atoms with Crippen LogP contribution in [0.1, 0.15) is 75.3 Å². The van der Waals surface area contributed by atoms with Crippen LogP contribution in [0.2, 0.25) is 0 Å². The molecule has 0 radical (unpaired) electrons. The molecule has 228 valence electrons. The maximum Gasteiger partial charge on any atom is 0.264 e. The van der Waals surface area contributed by atoms with Gasteiger partial charge in [0.1, 0.15) is 5.82 Å². The van der Waals surface area contributed by atoms with Crippen molar-refractivity contribution in [3.05, 3.63) is 98.3 Å². The minimum Gasteiger partial charge on any atom is -0.382 e. The van der Waals surface area contributed by atoms with E-state index in [0.717, 1.165) is 16.8 Å². The number of hydrogen-bond acceptors (Lipinski definition) is 6. The predicted molar refractivity (Wildman–Crippen MR) is 172 cm³/mol. The Morgan fingerprint density at radius 1 is 0.698 bits per heavy atom. The van der Waals surface area contributed by atoms with Gasteiger partial charge in [-0.3, -0.25) is 9.59 Å². The zero-order valence-electron chi connectivity index (χ0n) is 25.2. The molecular weight excluding hydrogens is 543 g/mol. The molecule has 2 aromatic carbocycles. The summed E-state index contributed by atoms with van der Waals surface area (Å²) in [5.74, 6) is -0.247. The van der Waals surface area contributed by atoms with Crippen molar-refractivity contribution in [2.75, 3.05) is 5.32 Å². The molecule has 6 rings (SSSR count). The van der Waals surface area contributed by atoms with Crippen molar-refractivity contribution in [3.8, 4) is 22.5 Å². The molecule has 2 fully saturated rings. The summed E-state index contributed by atoms with van der Waals surface area (Å²) >= 11 is 0. The Kier molecular flexibility index (Phi) is 11.8. The van der Waals surface area contributed by atoms with Crippen molar-refractivity contribution in [2.45, 2.75) is 90.1 Å². The van der Waals surface area contributed by atoms with E-state index in [1.165, 1.54) is 93.7 Å². The third kappa shape index (κ3) is 9.99. The molecule has 0 aliphatic heterocycles. The van der Waals surface area contributed by atoms with E-state index in [2.05, 4.69) is 50.8 Å². The van der Waals surface area contributed by atoms with E-state index in [1.807, 2.05) is 0 Å². The molecule has 0 unspecified atom stereocenters. The smallest absolute Gasteiger partial charge is 0.264 e. The highest BCUT2D eigenvalue weighted by Crippen LogP contribution is 2.27. The second-order valence-electron chi connectivity index (χ2n) is 11.5. The van der Waals surface area contributed by atoms with Gasteiger partial charge in [0.15, 0.2) is 0 Å². The molecule has 0 saturated heterocycles. The Balaban J connectivity index is 0.000000167. The highest BCUT2D eigenvalue weighted by atomic mass is 19.1. The molecule has 4 aromatic rings. The average Bonchev–Trinajstić information content (AvgIpc) is 3.02. The van der Waals surface area contributed by atoms with Gasteiger partial charge in [-0.1, -0.05) is 44.6 Å². The van der Waals surface area contributed by atoms with Gasteiger partial charge >= 0.3 is 0 Å². The van der Waals surface area contributed by atoms with Crippen LogP contribution in [0.15, 0.2) is 70.3 Å². The highest BCUT2D eigenvalue weighted by molar-refractivity contribution is 5.65. The molecule has 8 nitrogen and oxygen atoms in total.